The molecule has 0 radical (unpaired) electrons. The predicted octanol–water partition coefficient (Wildman–Crippen LogP) is 3.10. The minimum Gasteiger partial charge on any atom is -0.480 e. The normalized spacial score (nSPS) is 10.5. The van der Waals surface area contributed by atoms with Gasteiger partial charge in [0.2, 0.25) is 6.20 Å². The Kier molecular flexibility index (Phi) is 3.79. The Morgan fingerprint density at radius 3 is 2.84 bits per heavy atom. The zero-order valence-electron chi connectivity index (χ0n) is 10.1. The molecule has 2 rings (SSSR count). The minimum atomic E-state index is -0.507. The van der Waals surface area contributed by atoms with Crippen molar-refractivity contribution >= 4 is 16.8 Å². The molecule has 0 spiro atoms. The Labute approximate surface area is 110 Å². The van der Waals surface area contributed by atoms with Gasteiger partial charge in [0.15, 0.2) is 0 Å². The van der Waals surface area contributed by atoms with Crippen LogP contribution in [-0.2, 0) is 0 Å². The molecule has 0 aliphatic heterocycles. The summed E-state index contributed by atoms with van der Waals surface area (Å²) in [5, 5.41) is 12.3. The molecule has 0 N–H and O–H groups in total. The fourth-order valence-electron chi connectivity index (χ4n) is 1.83. The molecule has 94 valence electrons. The summed E-state index contributed by atoms with van der Waals surface area (Å²) in [5.41, 5.74) is 0.657. The first-order valence-electron chi connectivity index (χ1n) is 5.62. The third-order valence-corrected chi connectivity index (χ3v) is 2.60. The first-order chi connectivity index (χ1) is 9.22. The number of terminal acetylenes is 1. The molecule has 2 aromatic rings. The van der Waals surface area contributed by atoms with Crippen molar-refractivity contribution in [3.05, 3.63) is 58.3 Å². The quantitative estimate of drug-likeness (QED) is 0.478. The fraction of sp³-hybridized carbons (Fsp3) is 0.0667. The van der Waals surface area contributed by atoms with Gasteiger partial charge in [0.05, 0.1) is 4.92 Å². The number of benzene rings is 2. The van der Waals surface area contributed by atoms with Gasteiger partial charge in [-0.2, -0.15) is 0 Å². The molecule has 0 aliphatic carbocycles. The van der Waals surface area contributed by atoms with E-state index in [1.54, 1.807) is 6.07 Å². The van der Waals surface area contributed by atoms with Crippen LogP contribution in [0.5, 0.6) is 5.75 Å². The van der Waals surface area contributed by atoms with Crippen LogP contribution in [0.4, 0.5) is 0 Å². The van der Waals surface area contributed by atoms with E-state index in [1.807, 2.05) is 30.3 Å². The summed E-state index contributed by atoms with van der Waals surface area (Å²) in [6, 6.07) is 11.3. The first-order valence-corrected chi connectivity index (χ1v) is 5.62. The van der Waals surface area contributed by atoms with Gasteiger partial charge in [-0.15, -0.1) is 6.42 Å². The number of nitrogens with zero attached hydrogens (tertiary/aromatic N) is 1. The lowest BCUT2D eigenvalue weighted by Gasteiger charge is -2.09. The van der Waals surface area contributed by atoms with Crippen LogP contribution in [-0.4, -0.2) is 11.5 Å². The van der Waals surface area contributed by atoms with Crippen LogP contribution < -0.4 is 4.74 Å². The van der Waals surface area contributed by atoms with E-state index in [0.717, 1.165) is 17.0 Å². The van der Waals surface area contributed by atoms with Crippen molar-refractivity contribution in [2.45, 2.75) is 0 Å². The van der Waals surface area contributed by atoms with Crippen molar-refractivity contribution < 1.29 is 9.66 Å². The van der Waals surface area contributed by atoms with Crippen LogP contribution in [0.1, 0.15) is 5.56 Å². The third-order valence-electron chi connectivity index (χ3n) is 2.60. The molecule has 0 saturated heterocycles. The smallest absolute Gasteiger partial charge is 0.235 e. The van der Waals surface area contributed by atoms with Gasteiger partial charge in [0.1, 0.15) is 12.4 Å². The molecule has 0 aromatic heterocycles. The van der Waals surface area contributed by atoms with Gasteiger partial charge in [-0.1, -0.05) is 36.3 Å². The van der Waals surface area contributed by atoms with Crippen molar-refractivity contribution in [1.82, 2.24) is 0 Å². The number of fused-ring (bicyclic) bond motifs is 1. The highest BCUT2D eigenvalue weighted by molar-refractivity contribution is 5.93. The molecule has 0 heterocycles. The highest BCUT2D eigenvalue weighted by Crippen LogP contribution is 2.29. The summed E-state index contributed by atoms with van der Waals surface area (Å²) in [5.74, 6) is 2.91. The molecular weight excluding hydrogens is 242 g/mol. The average molecular weight is 253 g/mol. The average Bonchev–Trinajstić information content (AvgIpc) is 2.42. The maximum absolute atomic E-state index is 10.5. The van der Waals surface area contributed by atoms with E-state index in [4.69, 9.17) is 11.2 Å². The summed E-state index contributed by atoms with van der Waals surface area (Å²) in [6.45, 7) is 0.123. The molecule has 4 heteroatoms. The van der Waals surface area contributed by atoms with Gasteiger partial charge in [-0.3, -0.25) is 10.1 Å². The summed E-state index contributed by atoms with van der Waals surface area (Å²) in [7, 11) is 0. The number of hydrogen-bond donors (Lipinski definition) is 0. The van der Waals surface area contributed by atoms with E-state index in [1.165, 1.54) is 6.08 Å². The molecule has 0 saturated carbocycles. The number of hydrogen-bond acceptors (Lipinski definition) is 3. The number of nitro groups is 1. The van der Waals surface area contributed by atoms with Gasteiger partial charge in [-0.25, -0.2) is 0 Å². The first kappa shape index (κ1) is 12.7. The van der Waals surface area contributed by atoms with Crippen molar-refractivity contribution in [3.8, 4) is 18.1 Å². The van der Waals surface area contributed by atoms with Gasteiger partial charge in [0.25, 0.3) is 0 Å². The minimum absolute atomic E-state index is 0.123. The second-order valence-electron chi connectivity index (χ2n) is 3.79. The van der Waals surface area contributed by atoms with Crippen LogP contribution in [0.15, 0.2) is 42.6 Å². The molecule has 0 unspecified atom stereocenters. The third kappa shape index (κ3) is 2.90. The zero-order valence-corrected chi connectivity index (χ0v) is 10.1. The maximum Gasteiger partial charge on any atom is 0.235 e. The van der Waals surface area contributed by atoms with Crippen LogP contribution in [0.25, 0.3) is 16.8 Å². The number of ether oxygens (including phenoxy) is 1. The Morgan fingerprint density at radius 2 is 2.11 bits per heavy atom. The standard InChI is InChI=1S/C15H11NO3/c1-2-11-19-15-8-7-12-5-3-4-6-13(12)14(15)9-10-16(17)18/h1,3-10H,11H2/b10-9+. The predicted molar refractivity (Wildman–Crippen MR) is 74.3 cm³/mol. The van der Waals surface area contributed by atoms with Crippen LogP contribution in [0.2, 0.25) is 0 Å². The van der Waals surface area contributed by atoms with Crippen LogP contribution in [0, 0.1) is 22.5 Å². The van der Waals surface area contributed by atoms with Crippen molar-refractivity contribution in [3.63, 3.8) is 0 Å². The molecule has 0 amide bonds. The Balaban J connectivity index is 2.58. The van der Waals surface area contributed by atoms with E-state index in [0.29, 0.717) is 11.3 Å². The Bertz CT molecular complexity index is 683. The van der Waals surface area contributed by atoms with E-state index in [9.17, 15) is 10.1 Å². The van der Waals surface area contributed by atoms with E-state index >= 15 is 0 Å². The van der Waals surface area contributed by atoms with Crippen molar-refractivity contribution in [1.29, 1.82) is 0 Å². The van der Waals surface area contributed by atoms with Gasteiger partial charge < -0.3 is 4.74 Å². The molecule has 2 aromatic carbocycles. The zero-order chi connectivity index (χ0) is 13.7. The Hall–Kier alpha value is -2.80. The van der Waals surface area contributed by atoms with Gasteiger partial charge in [-0.05, 0) is 16.8 Å². The summed E-state index contributed by atoms with van der Waals surface area (Å²) < 4.78 is 5.42. The van der Waals surface area contributed by atoms with E-state index in [-0.39, 0.29) is 6.61 Å². The van der Waals surface area contributed by atoms with E-state index in [2.05, 4.69) is 5.92 Å². The molecule has 0 bridgehead atoms. The van der Waals surface area contributed by atoms with E-state index < -0.39 is 4.92 Å². The SMILES string of the molecule is C#CCOc1ccc2ccccc2c1/C=C/[N+](=O)[O-]. The monoisotopic (exact) mass is 253 g/mol. The Morgan fingerprint density at radius 1 is 1.32 bits per heavy atom. The topological polar surface area (TPSA) is 52.4 Å². The van der Waals surface area contributed by atoms with Crippen LogP contribution in [0.3, 0.4) is 0 Å². The summed E-state index contributed by atoms with van der Waals surface area (Å²) in [4.78, 5) is 9.97. The van der Waals surface area contributed by atoms with Crippen molar-refractivity contribution in [2.75, 3.05) is 6.61 Å². The molecule has 4 nitrogen and oxygen atoms in total. The molecule has 0 aliphatic rings. The van der Waals surface area contributed by atoms with Gasteiger partial charge in [0, 0.05) is 11.6 Å². The highest BCUT2D eigenvalue weighted by atomic mass is 16.6. The van der Waals surface area contributed by atoms with Crippen molar-refractivity contribution in [2.24, 2.45) is 0 Å². The second-order valence-corrected chi connectivity index (χ2v) is 3.79. The lowest BCUT2D eigenvalue weighted by Crippen LogP contribution is -1.96. The highest BCUT2D eigenvalue weighted by Gasteiger charge is 2.07. The molecular formula is C15H11NO3. The second kappa shape index (κ2) is 5.69. The summed E-state index contributed by atoms with van der Waals surface area (Å²) in [6.07, 6.45) is 7.48. The lowest BCUT2D eigenvalue weighted by atomic mass is 10.0. The lowest BCUT2D eigenvalue weighted by molar-refractivity contribution is -0.400. The maximum atomic E-state index is 10.5. The summed E-state index contributed by atoms with van der Waals surface area (Å²) >= 11 is 0. The van der Waals surface area contributed by atoms with Crippen LogP contribution >= 0.6 is 0 Å². The van der Waals surface area contributed by atoms with Gasteiger partial charge >= 0.3 is 0 Å². The number of rotatable bonds is 4. The fourth-order valence-corrected chi connectivity index (χ4v) is 1.83. The largest absolute Gasteiger partial charge is 0.480 e. The molecule has 0 fully saturated rings. The molecule has 0 atom stereocenters. The molecule has 19 heavy (non-hydrogen) atoms.